The molecule has 508 valence electrons. The van der Waals surface area contributed by atoms with E-state index in [0.717, 1.165) is 136 Å². The maximum atomic E-state index is 12.6. The van der Waals surface area contributed by atoms with E-state index in [0.29, 0.717) is 51.4 Å². The smallest absolute Gasteiger partial charge is 0.410 e. The number of benzene rings is 3. The number of carbonyl (C=O) groups excluding carboxylic acids is 2. The number of pyridine rings is 3. The molecule has 0 saturated heterocycles. The van der Waals surface area contributed by atoms with Gasteiger partial charge < -0.3 is 83.1 Å². The number of fused-ring (bicyclic) bond motifs is 12. The van der Waals surface area contributed by atoms with Crippen molar-refractivity contribution in [2.45, 2.75) is 129 Å². The minimum absolute atomic E-state index is 0.100. The van der Waals surface area contributed by atoms with Gasteiger partial charge in [-0.1, -0.05) is 0 Å². The zero-order chi connectivity index (χ0) is 67.7. The molecule has 22 nitrogen and oxygen atoms in total. The summed E-state index contributed by atoms with van der Waals surface area (Å²) in [6, 6.07) is 30.4. The van der Waals surface area contributed by atoms with Gasteiger partial charge in [0.15, 0.2) is 34.5 Å². The average Bonchev–Trinajstić information content (AvgIpc) is 1.63. The number of nitrogen functional groups attached to an aromatic ring is 1. The second-order valence-corrected chi connectivity index (χ2v) is 28.0. The van der Waals surface area contributed by atoms with Gasteiger partial charge in [0, 0.05) is 122 Å². The van der Waals surface area contributed by atoms with Gasteiger partial charge in [-0.05, 0) is 212 Å². The second kappa shape index (κ2) is 27.9. The summed E-state index contributed by atoms with van der Waals surface area (Å²) in [6.07, 6.45) is 8.12. The Hall–Kier alpha value is -9.09. The van der Waals surface area contributed by atoms with Crippen molar-refractivity contribution in [3.8, 4) is 34.5 Å². The number of rotatable bonds is 7. The van der Waals surface area contributed by atoms with E-state index in [1.165, 1.54) is 51.0 Å². The highest BCUT2D eigenvalue weighted by atomic mass is 79.9. The van der Waals surface area contributed by atoms with Crippen LogP contribution in [0, 0.1) is 0 Å². The van der Waals surface area contributed by atoms with Crippen LogP contribution in [0.25, 0.3) is 33.1 Å². The lowest BCUT2D eigenvalue weighted by atomic mass is 9.91. The first-order valence-corrected chi connectivity index (χ1v) is 33.9. The Morgan fingerprint density at radius 2 is 0.885 bits per heavy atom. The van der Waals surface area contributed by atoms with Crippen LogP contribution in [0.5, 0.6) is 34.5 Å². The van der Waals surface area contributed by atoms with E-state index in [2.05, 4.69) is 103 Å². The molecule has 0 saturated carbocycles. The normalized spacial score (nSPS) is 17.4. The quantitative estimate of drug-likeness (QED) is 0.0858. The van der Waals surface area contributed by atoms with Gasteiger partial charge in [0.05, 0.1) is 0 Å². The van der Waals surface area contributed by atoms with Crippen LogP contribution in [0.1, 0.15) is 94.6 Å². The predicted molar refractivity (Wildman–Crippen MR) is 378 cm³/mol. The zero-order valence-corrected chi connectivity index (χ0v) is 58.7. The van der Waals surface area contributed by atoms with Crippen molar-refractivity contribution in [2.24, 2.45) is 21.1 Å². The summed E-state index contributed by atoms with van der Waals surface area (Å²) in [5, 5.41) is 13.8. The van der Waals surface area contributed by atoms with Gasteiger partial charge in [0.1, 0.15) is 84.0 Å². The van der Waals surface area contributed by atoms with Crippen molar-refractivity contribution in [1.82, 2.24) is 43.8 Å². The Kier molecular flexibility index (Phi) is 19.5. The highest BCUT2D eigenvalue weighted by Crippen LogP contribution is 2.40. The van der Waals surface area contributed by atoms with Crippen LogP contribution in [-0.2, 0) is 69.1 Å². The summed E-state index contributed by atoms with van der Waals surface area (Å²) in [5.41, 5.74) is 18.1. The van der Waals surface area contributed by atoms with Crippen molar-refractivity contribution in [2.75, 3.05) is 77.2 Å². The molecular formula is C73H89BrN12O10. The number of nitrogens with zero attached hydrogens (tertiary/aromatic N) is 8. The number of hydrogen-bond donors (Lipinski definition) is 4. The van der Waals surface area contributed by atoms with Crippen molar-refractivity contribution < 1.29 is 47.5 Å². The van der Waals surface area contributed by atoms with E-state index >= 15 is 0 Å². The first-order chi connectivity index (χ1) is 45.9. The summed E-state index contributed by atoms with van der Waals surface area (Å²) in [4.78, 5) is 42.9. The molecule has 6 aliphatic rings. The molecular weight excluding hydrogens is 1280 g/mol. The summed E-state index contributed by atoms with van der Waals surface area (Å²) in [6.45, 7) is 14.9. The highest BCUT2D eigenvalue weighted by molar-refractivity contribution is 9.10. The highest BCUT2D eigenvalue weighted by Gasteiger charge is 2.34. The van der Waals surface area contributed by atoms with Crippen molar-refractivity contribution in [3.63, 3.8) is 0 Å². The van der Waals surface area contributed by atoms with Gasteiger partial charge in [-0.15, -0.1) is 0 Å². The lowest BCUT2D eigenvalue weighted by molar-refractivity contribution is 0.0199. The maximum absolute atomic E-state index is 12.6. The first kappa shape index (κ1) is 66.9. The van der Waals surface area contributed by atoms with Crippen LogP contribution in [0.4, 0.5) is 38.3 Å². The molecule has 0 radical (unpaired) electrons. The fourth-order valence-electron chi connectivity index (χ4n) is 13.4. The van der Waals surface area contributed by atoms with Crippen LogP contribution in [0.3, 0.4) is 0 Å². The van der Waals surface area contributed by atoms with Crippen LogP contribution in [-0.4, -0.2) is 141 Å². The number of aromatic nitrogens is 6. The number of nitrogens with two attached hydrogens (primary N) is 1. The molecule has 9 heterocycles. The monoisotopic (exact) mass is 1370 g/mol. The van der Waals surface area contributed by atoms with Crippen LogP contribution in [0.2, 0.25) is 0 Å². The van der Waals surface area contributed by atoms with Crippen LogP contribution >= 0.6 is 15.9 Å². The summed E-state index contributed by atoms with van der Waals surface area (Å²) in [7, 11) is 12.0. The first-order valence-electron chi connectivity index (χ1n) is 33.1. The molecule has 3 unspecified atom stereocenters. The fraction of sp³-hybridized carbons (Fsp3) is 0.438. The van der Waals surface area contributed by atoms with Gasteiger partial charge in [0.25, 0.3) is 0 Å². The van der Waals surface area contributed by atoms with E-state index in [1.54, 1.807) is 21.9 Å². The molecule has 3 atom stereocenters. The largest absolute Gasteiger partial charge is 0.486 e. The van der Waals surface area contributed by atoms with E-state index in [1.807, 2.05) is 110 Å². The molecule has 5 N–H and O–H groups in total. The number of anilines is 5. The fourth-order valence-corrected chi connectivity index (χ4v) is 13.7. The molecule has 96 heavy (non-hydrogen) atoms. The summed E-state index contributed by atoms with van der Waals surface area (Å²) in [5.74, 6) is 6.21. The minimum Gasteiger partial charge on any atom is -0.486 e. The van der Waals surface area contributed by atoms with Crippen molar-refractivity contribution in [1.29, 1.82) is 0 Å². The molecule has 0 bridgehead atoms. The number of amides is 2. The number of carbonyl (C=O) groups is 2. The molecule has 23 heteroatoms. The Bertz CT molecular complexity index is 4360. The number of aryl methyl sites for hydroxylation is 3. The molecule has 9 aromatic rings. The lowest BCUT2D eigenvalue weighted by Crippen LogP contribution is -2.43. The molecule has 2 amide bonds. The van der Waals surface area contributed by atoms with Crippen LogP contribution < -0.4 is 50.1 Å². The molecule has 0 spiro atoms. The van der Waals surface area contributed by atoms with Gasteiger partial charge in [-0.3, -0.25) is 0 Å². The third-order valence-corrected chi connectivity index (χ3v) is 18.8. The molecule has 15 rings (SSSR count). The molecule has 3 aromatic carbocycles. The number of likely N-dealkylation sites (N-methyl/N-ethyl adjacent to an activating group) is 3. The van der Waals surface area contributed by atoms with Crippen molar-refractivity contribution in [3.05, 3.63) is 129 Å². The second-order valence-electron chi connectivity index (χ2n) is 27.2. The standard InChI is InChI=1S/C26H32N4O4.C21H24N4O2.C18H24BrN3O2.C8H9NO2/c1-26(2,3)34-25(31)29(4)17-7-9-20-19(15-17)18-8-11-23(28-24(18)30(20)5)27-16-6-10-21-22(14-16)33-13-12-32-21;1-22-13-3-6-17-16(11-13)15-5-8-20(24-21(15)25(17)2)23-14-4-7-18-19(12-14)27-10-9-26-18;1-18(2,3)24-17(23)21(4)11-6-8-14-13(10-11)12-7-9-15(19)20-16(12)22(14)5;9-6-1-2-7-8(5-6)11-4-3-10-7/h6,8,10-11,14,17H,7,9,12-13,15H2,1-5H3,(H,27,28);4-5,7-8,12-13,22H,3,6,9-11H2,1-2H3,(H,23,24);7,9,11H,6,8,10H2,1-5H3;1-2,5H,3-4,9H2. The third-order valence-electron chi connectivity index (χ3n) is 18.3. The number of halogens is 1. The van der Waals surface area contributed by atoms with E-state index in [-0.39, 0.29) is 24.3 Å². The Morgan fingerprint density at radius 1 is 0.510 bits per heavy atom. The molecule has 3 aliphatic carbocycles. The minimum atomic E-state index is -0.505. The number of ether oxygens (including phenoxy) is 8. The molecule has 6 aromatic heterocycles. The number of nitrogens with one attached hydrogen (secondary N) is 3. The predicted octanol–water partition coefficient (Wildman–Crippen LogP) is 13.1. The third kappa shape index (κ3) is 14.8. The van der Waals surface area contributed by atoms with Gasteiger partial charge in [-0.2, -0.15) is 0 Å². The Balaban J connectivity index is 0.000000129. The van der Waals surface area contributed by atoms with Gasteiger partial charge in [-0.25, -0.2) is 24.5 Å². The Labute approximate surface area is 569 Å². The Morgan fingerprint density at radius 3 is 1.31 bits per heavy atom. The summed E-state index contributed by atoms with van der Waals surface area (Å²) < 4.78 is 51.7. The number of hydrogen-bond acceptors (Lipinski definition) is 17. The summed E-state index contributed by atoms with van der Waals surface area (Å²) >= 11 is 3.45. The SMILES string of the molecule is CN(C(=O)OC(C)(C)C)C1CCc2c(c3ccc(Br)nc3n2C)C1.CN(C(=O)OC(C)(C)C)C1CCc2c(c3ccc(Nc4ccc5c(c4)OCCO5)nc3n2C)C1.CNC1CCc2c(c3ccc(Nc4ccc5c(c4)OCCO5)nc3n2C)C1.Nc1ccc2c(c1)OCCO2. The van der Waals surface area contributed by atoms with Gasteiger partial charge in [0.2, 0.25) is 0 Å². The topological polar surface area (TPSA) is 230 Å². The zero-order valence-electron chi connectivity index (χ0n) is 57.1. The average molecular weight is 1370 g/mol. The van der Waals surface area contributed by atoms with Gasteiger partial charge >= 0.3 is 12.2 Å². The van der Waals surface area contributed by atoms with E-state index in [4.69, 9.17) is 53.6 Å². The maximum Gasteiger partial charge on any atom is 0.410 e. The van der Waals surface area contributed by atoms with Crippen LogP contribution in [0.15, 0.2) is 95.6 Å². The van der Waals surface area contributed by atoms with E-state index in [9.17, 15) is 9.59 Å². The van der Waals surface area contributed by atoms with Crippen molar-refractivity contribution >= 4 is 89.9 Å². The lowest BCUT2D eigenvalue weighted by Gasteiger charge is -2.33. The van der Waals surface area contributed by atoms with E-state index < -0.39 is 11.2 Å². The molecule has 0 fully saturated rings. The molecule has 3 aliphatic heterocycles.